The molecule has 1 unspecified atom stereocenters. The third-order valence-electron chi connectivity index (χ3n) is 4.90. The number of hydrogen-bond acceptors (Lipinski definition) is 6. The van der Waals surface area contributed by atoms with E-state index in [1.54, 1.807) is 30.7 Å². The molecule has 156 valence electrons. The molecule has 9 nitrogen and oxygen atoms in total. The summed E-state index contributed by atoms with van der Waals surface area (Å²) in [5, 5.41) is 3.52. The van der Waals surface area contributed by atoms with Crippen molar-refractivity contribution in [2.45, 2.75) is 18.9 Å². The normalized spacial score (nSPS) is 11.9. The van der Waals surface area contributed by atoms with Crippen molar-refractivity contribution >= 4 is 28.6 Å². The van der Waals surface area contributed by atoms with Gasteiger partial charge in [-0.15, -0.1) is 0 Å². The monoisotopic (exact) mass is 417 g/mol. The molecule has 0 aliphatic heterocycles. The Morgan fingerprint density at radius 1 is 1.13 bits per heavy atom. The number of aryl methyl sites for hydroxylation is 1. The molecular formula is C22H19N5O4. The van der Waals surface area contributed by atoms with Gasteiger partial charge in [-0.2, -0.15) is 0 Å². The minimum Gasteiger partial charge on any atom is -0.464 e. The van der Waals surface area contributed by atoms with Crippen molar-refractivity contribution in [1.29, 1.82) is 0 Å². The Labute approximate surface area is 176 Å². The van der Waals surface area contributed by atoms with Crippen LogP contribution < -0.4 is 11.1 Å². The van der Waals surface area contributed by atoms with Crippen LogP contribution in [0.5, 0.6) is 0 Å². The Bertz CT molecular complexity index is 1250. The van der Waals surface area contributed by atoms with Crippen molar-refractivity contribution in [3.05, 3.63) is 78.7 Å². The highest BCUT2D eigenvalue weighted by atomic mass is 16.3. The van der Waals surface area contributed by atoms with Crippen LogP contribution in [0, 0.1) is 0 Å². The zero-order valence-electron chi connectivity index (χ0n) is 16.4. The summed E-state index contributed by atoms with van der Waals surface area (Å²) >= 11 is 0. The van der Waals surface area contributed by atoms with E-state index in [4.69, 9.17) is 10.2 Å². The molecule has 3 heterocycles. The molecule has 0 aliphatic carbocycles. The fourth-order valence-electron chi connectivity index (χ4n) is 3.34. The molecule has 3 N–H and O–H groups in total. The van der Waals surface area contributed by atoms with Crippen molar-refractivity contribution in [2.24, 2.45) is 5.73 Å². The highest BCUT2D eigenvalue weighted by molar-refractivity contribution is 6.38. The van der Waals surface area contributed by atoms with Crippen LogP contribution in [-0.2, 0) is 16.0 Å². The van der Waals surface area contributed by atoms with Gasteiger partial charge in [0.1, 0.15) is 23.4 Å². The van der Waals surface area contributed by atoms with Gasteiger partial charge in [0, 0.05) is 11.6 Å². The lowest BCUT2D eigenvalue weighted by Gasteiger charge is -2.16. The van der Waals surface area contributed by atoms with Crippen molar-refractivity contribution < 1.29 is 18.8 Å². The van der Waals surface area contributed by atoms with E-state index >= 15 is 0 Å². The molecule has 1 atom stereocenters. The first-order valence-corrected chi connectivity index (χ1v) is 9.58. The van der Waals surface area contributed by atoms with Crippen LogP contribution in [0.1, 0.15) is 22.5 Å². The SMILES string of the molecule is NC(=O)C(=O)C(CCc1coc2ccccc12)NC(=O)c1cncn1-c1ccccn1. The lowest BCUT2D eigenvalue weighted by Crippen LogP contribution is -2.46. The quantitative estimate of drug-likeness (QED) is 0.420. The smallest absolute Gasteiger partial charge is 0.287 e. The van der Waals surface area contributed by atoms with E-state index in [1.807, 2.05) is 24.3 Å². The zero-order valence-corrected chi connectivity index (χ0v) is 16.4. The van der Waals surface area contributed by atoms with Gasteiger partial charge in [0.25, 0.3) is 11.8 Å². The summed E-state index contributed by atoms with van der Waals surface area (Å²) in [4.78, 5) is 45.0. The number of rotatable bonds is 8. The van der Waals surface area contributed by atoms with Crippen molar-refractivity contribution in [2.75, 3.05) is 0 Å². The number of benzene rings is 1. The summed E-state index contributed by atoms with van der Waals surface area (Å²) in [6, 6.07) is 11.6. The van der Waals surface area contributed by atoms with Gasteiger partial charge < -0.3 is 15.5 Å². The molecule has 0 bridgehead atoms. The summed E-state index contributed by atoms with van der Waals surface area (Å²) in [7, 11) is 0. The van der Waals surface area contributed by atoms with Crippen LogP contribution in [0.15, 0.2) is 71.9 Å². The summed E-state index contributed by atoms with van der Waals surface area (Å²) < 4.78 is 7.00. The van der Waals surface area contributed by atoms with Crippen LogP contribution in [-0.4, -0.2) is 38.2 Å². The maximum Gasteiger partial charge on any atom is 0.287 e. The number of primary amides is 1. The van der Waals surface area contributed by atoms with Crippen LogP contribution in [0.25, 0.3) is 16.8 Å². The molecule has 0 saturated heterocycles. The highest BCUT2D eigenvalue weighted by Crippen LogP contribution is 2.22. The lowest BCUT2D eigenvalue weighted by atomic mass is 10.0. The highest BCUT2D eigenvalue weighted by Gasteiger charge is 2.27. The van der Waals surface area contributed by atoms with E-state index in [9.17, 15) is 14.4 Å². The number of carbonyl (C=O) groups is 3. The summed E-state index contributed by atoms with van der Waals surface area (Å²) in [5.74, 6) is -2.06. The van der Waals surface area contributed by atoms with E-state index < -0.39 is 23.6 Å². The zero-order chi connectivity index (χ0) is 21.8. The Kier molecular flexibility index (Phi) is 5.57. The Morgan fingerprint density at radius 2 is 1.94 bits per heavy atom. The second-order valence-electron chi connectivity index (χ2n) is 6.89. The van der Waals surface area contributed by atoms with E-state index in [0.717, 1.165) is 16.5 Å². The number of ketones is 1. The predicted octanol–water partition coefficient (Wildman–Crippen LogP) is 1.80. The molecule has 0 saturated carbocycles. The van der Waals surface area contributed by atoms with Gasteiger partial charge in [-0.3, -0.25) is 19.0 Å². The number of aromatic nitrogens is 3. The average Bonchev–Trinajstić information content (AvgIpc) is 3.44. The molecule has 0 spiro atoms. The number of nitrogens with two attached hydrogens (primary N) is 1. The molecule has 0 radical (unpaired) electrons. The number of furan rings is 1. The number of amides is 2. The second kappa shape index (κ2) is 8.62. The summed E-state index contributed by atoms with van der Waals surface area (Å²) in [6.45, 7) is 0. The van der Waals surface area contributed by atoms with Gasteiger partial charge in [-0.05, 0) is 36.6 Å². The number of fused-ring (bicyclic) bond motifs is 1. The van der Waals surface area contributed by atoms with Gasteiger partial charge >= 0.3 is 0 Å². The van der Waals surface area contributed by atoms with Gasteiger partial charge in [0.2, 0.25) is 5.78 Å². The van der Waals surface area contributed by atoms with Crippen molar-refractivity contribution in [3.63, 3.8) is 0 Å². The van der Waals surface area contributed by atoms with E-state index in [2.05, 4.69) is 15.3 Å². The van der Waals surface area contributed by atoms with Crippen LogP contribution in [0.4, 0.5) is 0 Å². The molecule has 31 heavy (non-hydrogen) atoms. The largest absolute Gasteiger partial charge is 0.464 e. The fourth-order valence-corrected chi connectivity index (χ4v) is 3.34. The third kappa shape index (κ3) is 4.20. The molecule has 9 heteroatoms. The minimum atomic E-state index is -1.11. The molecule has 4 aromatic rings. The number of nitrogens with zero attached hydrogens (tertiary/aromatic N) is 3. The van der Waals surface area contributed by atoms with Crippen molar-refractivity contribution in [3.8, 4) is 5.82 Å². The van der Waals surface area contributed by atoms with E-state index in [-0.39, 0.29) is 12.1 Å². The fraction of sp³-hybridized carbons (Fsp3) is 0.136. The van der Waals surface area contributed by atoms with Crippen LogP contribution in [0.2, 0.25) is 0 Å². The third-order valence-corrected chi connectivity index (χ3v) is 4.90. The van der Waals surface area contributed by atoms with Gasteiger partial charge in [0.05, 0.1) is 18.5 Å². The first-order chi connectivity index (χ1) is 15.0. The van der Waals surface area contributed by atoms with Gasteiger partial charge in [-0.1, -0.05) is 24.3 Å². The number of imidazole rings is 1. The summed E-state index contributed by atoms with van der Waals surface area (Å²) in [5.41, 5.74) is 6.97. The Morgan fingerprint density at radius 3 is 2.71 bits per heavy atom. The number of pyridine rings is 1. The Hall–Kier alpha value is -4.27. The number of para-hydroxylation sites is 1. The van der Waals surface area contributed by atoms with Gasteiger partial charge in [0.15, 0.2) is 0 Å². The first-order valence-electron chi connectivity index (χ1n) is 9.58. The number of nitrogens with one attached hydrogen (secondary N) is 1. The topological polar surface area (TPSA) is 133 Å². The number of Topliss-reactive ketones (excluding diaryl/α,β-unsaturated/α-hetero) is 1. The second-order valence-corrected chi connectivity index (χ2v) is 6.89. The molecule has 1 aromatic carbocycles. The molecule has 0 aliphatic rings. The average molecular weight is 417 g/mol. The molecule has 3 aromatic heterocycles. The minimum absolute atomic E-state index is 0.175. The first kappa shape index (κ1) is 20.0. The van der Waals surface area contributed by atoms with E-state index in [0.29, 0.717) is 12.2 Å². The number of hydrogen-bond donors (Lipinski definition) is 2. The maximum atomic E-state index is 12.9. The van der Waals surface area contributed by atoms with Crippen LogP contribution >= 0.6 is 0 Å². The number of carbonyl (C=O) groups excluding carboxylic acids is 3. The standard InChI is InChI=1S/C22H19N5O4/c23-21(29)20(28)16(9-8-14-12-31-18-6-2-1-5-15(14)18)26-22(30)17-11-24-13-27(17)19-7-3-4-10-25-19/h1-7,10-13,16H,8-9H2,(H2,23,29)(H,26,30). The van der Waals surface area contributed by atoms with Crippen molar-refractivity contribution in [1.82, 2.24) is 19.9 Å². The molecule has 2 amide bonds. The van der Waals surface area contributed by atoms with E-state index in [1.165, 1.54) is 17.1 Å². The summed E-state index contributed by atoms with van der Waals surface area (Å²) in [6.07, 6.45) is 6.58. The maximum absolute atomic E-state index is 12.9. The van der Waals surface area contributed by atoms with Gasteiger partial charge in [-0.25, -0.2) is 9.97 Å². The molecule has 4 rings (SSSR count). The Balaban J connectivity index is 1.54. The lowest BCUT2D eigenvalue weighted by molar-refractivity contribution is -0.137. The predicted molar refractivity (Wildman–Crippen MR) is 111 cm³/mol. The molecular weight excluding hydrogens is 398 g/mol. The molecule has 0 fully saturated rings. The van der Waals surface area contributed by atoms with Crippen LogP contribution in [0.3, 0.4) is 0 Å².